The van der Waals surface area contributed by atoms with Crippen molar-refractivity contribution in [3.05, 3.63) is 47.8 Å². The van der Waals surface area contributed by atoms with Crippen molar-refractivity contribution in [2.24, 2.45) is 0 Å². The van der Waals surface area contributed by atoms with Crippen molar-refractivity contribution in [1.29, 1.82) is 0 Å². The van der Waals surface area contributed by atoms with E-state index >= 15 is 0 Å². The van der Waals surface area contributed by atoms with Crippen molar-refractivity contribution in [2.75, 3.05) is 11.0 Å². The molecule has 1 N–H and O–H groups in total. The van der Waals surface area contributed by atoms with Gasteiger partial charge in [-0.3, -0.25) is 4.79 Å². The molecule has 0 saturated carbocycles. The van der Waals surface area contributed by atoms with Crippen molar-refractivity contribution < 1.29 is 9.53 Å². The molecule has 0 atom stereocenters. The third-order valence-electron chi connectivity index (χ3n) is 3.06. The zero-order valence-corrected chi connectivity index (χ0v) is 11.8. The maximum Gasteiger partial charge on any atom is 0.269 e. The van der Waals surface area contributed by atoms with Crippen molar-refractivity contribution in [3.63, 3.8) is 0 Å². The molecule has 0 saturated heterocycles. The van der Waals surface area contributed by atoms with Gasteiger partial charge in [0.15, 0.2) is 0 Å². The zero-order chi connectivity index (χ0) is 13.4. The van der Waals surface area contributed by atoms with Crippen LogP contribution in [0.25, 0.3) is 11.6 Å². The Morgan fingerprint density at radius 2 is 2.11 bits per heavy atom. The Balaban J connectivity index is 2.13. The SMILES string of the molecule is COc1cc[nH]c1C=C1C(=O)N(Br)c2ccccc21. The van der Waals surface area contributed by atoms with Gasteiger partial charge in [-0.25, -0.2) is 3.93 Å². The fourth-order valence-electron chi connectivity index (χ4n) is 2.15. The number of nitrogens with zero attached hydrogens (tertiary/aromatic N) is 1. The van der Waals surface area contributed by atoms with Crippen LogP contribution in [0.4, 0.5) is 5.69 Å². The molecule has 1 aromatic carbocycles. The number of ether oxygens (including phenoxy) is 1. The van der Waals surface area contributed by atoms with Gasteiger partial charge in [-0.2, -0.15) is 0 Å². The van der Waals surface area contributed by atoms with Crippen LogP contribution < -0.4 is 8.66 Å². The zero-order valence-electron chi connectivity index (χ0n) is 10.2. The smallest absolute Gasteiger partial charge is 0.269 e. The van der Waals surface area contributed by atoms with Crippen LogP contribution in [0.3, 0.4) is 0 Å². The molecule has 2 aromatic rings. The molecule has 1 aliphatic heterocycles. The number of amides is 1. The first kappa shape index (κ1) is 12.0. The standard InChI is InChI=1S/C14H11BrN2O2/c1-19-13-6-7-16-11(13)8-10-9-4-2-3-5-12(9)17(15)14(10)18/h2-8,16H,1H3. The number of carbonyl (C=O) groups excluding carboxylic acids is 1. The van der Waals surface area contributed by atoms with Gasteiger partial charge in [0.2, 0.25) is 0 Å². The molecule has 1 aromatic heterocycles. The number of rotatable bonds is 2. The molecule has 0 aliphatic carbocycles. The summed E-state index contributed by atoms with van der Waals surface area (Å²) in [6.45, 7) is 0. The van der Waals surface area contributed by atoms with Crippen molar-refractivity contribution in [1.82, 2.24) is 4.98 Å². The first-order valence-corrected chi connectivity index (χ1v) is 6.46. The van der Waals surface area contributed by atoms with Crippen molar-refractivity contribution in [2.45, 2.75) is 0 Å². The van der Waals surface area contributed by atoms with E-state index in [1.807, 2.05) is 30.3 Å². The molecule has 1 aliphatic rings. The molecule has 0 unspecified atom stereocenters. The molecule has 5 heteroatoms. The number of aromatic amines is 1. The van der Waals surface area contributed by atoms with E-state index < -0.39 is 0 Å². The highest BCUT2D eigenvalue weighted by molar-refractivity contribution is 9.10. The summed E-state index contributed by atoms with van der Waals surface area (Å²) in [5, 5.41) is 0. The van der Waals surface area contributed by atoms with Gasteiger partial charge in [0.05, 0.1) is 40.2 Å². The van der Waals surface area contributed by atoms with Gasteiger partial charge in [-0.1, -0.05) is 18.2 Å². The highest BCUT2D eigenvalue weighted by Gasteiger charge is 2.30. The number of aromatic nitrogens is 1. The summed E-state index contributed by atoms with van der Waals surface area (Å²) >= 11 is 3.28. The second-order valence-electron chi connectivity index (χ2n) is 4.12. The average Bonchev–Trinajstić information content (AvgIpc) is 2.98. The van der Waals surface area contributed by atoms with Crippen LogP contribution in [-0.2, 0) is 4.79 Å². The van der Waals surface area contributed by atoms with Crippen LogP contribution in [-0.4, -0.2) is 18.0 Å². The molecule has 0 spiro atoms. The molecule has 0 radical (unpaired) electrons. The molecule has 0 bridgehead atoms. The predicted octanol–water partition coefficient (Wildman–Crippen LogP) is 3.22. The van der Waals surface area contributed by atoms with Gasteiger partial charge < -0.3 is 9.72 Å². The fourth-order valence-corrected chi connectivity index (χ4v) is 2.65. The van der Waals surface area contributed by atoms with E-state index in [1.165, 1.54) is 3.93 Å². The lowest BCUT2D eigenvalue weighted by atomic mass is 10.1. The molecule has 3 rings (SSSR count). The summed E-state index contributed by atoms with van der Waals surface area (Å²) < 4.78 is 6.71. The Morgan fingerprint density at radius 3 is 2.89 bits per heavy atom. The number of nitrogens with one attached hydrogen (secondary N) is 1. The second-order valence-corrected chi connectivity index (χ2v) is 4.83. The first-order chi connectivity index (χ1) is 9.22. The monoisotopic (exact) mass is 318 g/mol. The molecular weight excluding hydrogens is 308 g/mol. The minimum absolute atomic E-state index is 0.0853. The number of halogens is 1. The van der Waals surface area contributed by atoms with E-state index in [4.69, 9.17) is 4.74 Å². The highest BCUT2D eigenvalue weighted by Crippen LogP contribution is 2.39. The summed E-state index contributed by atoms with van der Waals surface area (Å²) in [5.74, 6) is 0.628. The van der Waals surface area contributed by atoms with Gasteiger partial charge >= 0.3 is 0 Å². The highest BCUT2D eigenvalue weighted by atomic mass is 79.9. The fraction of sp³-hybridized carbons (Fsp3) is 0.0714. The second kappa shape index (κ2) is 4.59. The van der Waals surface area contributed by atoms with Crippen LogP contribution >= 0.6 is 16.1 Å². The minimum Gasteiger partial charge on any atom is -0.495 e. The van der Waals surface area contributed by atoms with Gasteiger partial charge in [-0.05, 0) is 18.2 Å². The third-order valence-corrected chi connectivity index (χ3v) is 3.77. The quantitative estimate of drug-likeness (QED) is 0.682. The van der Waals surface area contributed by atoms with Crippen molar-refractivity contribution in [3.8, 4) is 5.75 Å². The van der Waals surface area contributed by atoms with Crippen LogP contribution in [0.5, 0.6) is 5.75 Å². The van der Waals surface area contributed by atoms with E-state index in [-0.39, 0.29) is 5.91 Å². The molecule has 2 heterocycles. The number of anilines is 1. The average molecular weight is 319 g/mol. The third kappa shape index (κ3) is 1.86. The number of H-pyrrole nitrogens is 1. The predicted molar refractivity (Wildman–Crippen MR) is 78.1 cm³/mol. The number of hydrogen-bond acceptors (Lipinski definition) is 2. The Labute approximate surface area is 119 Å². The van der Waals surface area contributed by atoms with Crippen LogP contribution in [0.2, 0.25) is 0 Å². The van der Waals surface area contributed by atoms with Gasteiger partial charge in [0.25, 0.3) is 5.91 Å². The van der Waals surface area contributed by atoms with Crippen molar-refractivity contribution >= 4 is 39.4 Å². The largest absolute Gasteiger partial charge is 0.495 e. The van der Waals surface area contributed by atoms with E-state index in [1.54, 1.807) is 19.4 Å². The molecule has 19 heavy (non-hydrogen) atoms. The van der Waals surface area contributed by atoms with E-state index in [0.29, 0.717) is 11.3 Å². The van der Waals surface area contributed by atoms with Gasteiger partial charge in [-0.15, -0.1) is 0 Å². The Hall–Kier alpha value is -2.01. The number of methoxy groups -OCH3 is 1. The van der Waals surface area contributed by atoms with E-state index in [9.17, 15) is 4.79 Å². The normalized spacial score (nSPS) is 16.0. The van der Waals surface area contributed by atoms with Crippen LogP contribution in [0.15, 0.2) is 36.5 Å². The Morgan fingerprint density at radius 1 is 1.32 bits per heavy atom. The topological polar surface area (TPSA) is 45.3 Å². The molecular formula is C14H11BrN2O2. The summed E-state index contributed by atoms with van der Waals surface area (Å²) in [6.07, 6.45) is 3.59. The van der Waals surface area contributed by atoms with Gasteiger partial charge in [0, 0.05) is 11.8 Å². The lowest BCUT2D eigenvalue weighted by Gasteiger charge is -2.04. The molecule has 1 amide bonds. The maximum absolute atomic E-state index is 12.2. The molecule has 0 fully saturated rings. The number of carbonyl (C=O) groups is 1. The first-order valence-electron chi connectivity index (χ1n) is 5.75. The number of para-hydroxylation sites is 1. The Kier molecular flexibility index (Phi) is 2.91. The summed E-state index contributed by atoms with van der Waals surface area (Å²) in [6, 6.07) is 9.46. The number of hydrogen-bond donors (Lipinski definition) is 1. The summed E-state index contributed by atoms with van der Waals surface area (Å²) in [5.41, 5.74) is 3.17. The lowest BCUT2D eigenvalue weighted by molar-refractivity contribution is -0.111. The van der Waals surface area contributed by atoms with Crippen LogP contribution in [0.1, 0.15) is 11.3 Å². The molecule has 4 nitrogen and oxygen atoms in total. The lowest BCUT2D eigenvalue weighted by Crippen LogP contribution is -2.13. The van der Waals surface area contributed by atoms with Crippen LogP contribution in [0, 0.1) is 0 Å². The maximum atomic E-state index is 12.2. The minimum atomic E-state index is -0.0853. The summed E-state index contributed by atoms with van der Waals surface area (Å²) in [4.78, 5) is 15.3. The Bertz CT molecular complexity index is 676. The van der Waals surface area contributed by atoms with E-state index in [2.05, 4.69) is 21.1 Å². The molecule has 96 valence electrons. The number of benzene rings is 1. The van der Waals surface area contributed by atoms with Gasteiger partial charge in [0.1, 0.15) is 5.75 Å². The summed E-state index contributed by atoms with van der Waals surface area (Å²) in [7, 11) is 1.60. The van der Waals surface area contributed by atoms with E-state index in [0.717, 1.165) is 16.9 Å². The number of fused-ring (bicyclic) bond motifs is 1.